The largest absolute Gasteiger partial charge is 0.455 e. The van der Waals surface area contributed by atoms with Crippen molar-refractivity contribution in [3.05, 3.63) is 87.4 Å². The molecule has 1 aliphatic rings. The molecule has 4 rings (SSSR count). The molecule has 0 fully saturated rings. The number of hydrogen-bond donors (Lipinski definition) is 2. The maximum atomic E-state index is 13.0. The van der Waals surface area contributed by atoms with E-state index in [4.69, 9.17) is 4.42 Å². The number of nitrogens with zero attached hydrogens (tertiary/aromatic N) is 1. The Morgan fingerprint density at radius 2 is 1.66 bits per heavy atom. The number of aryl methyl sites for hydroxylation is 4. The molecule has 2 amide bonds. The quantitative estimate of drug-likeness (QED) is 0.557. The molecule has 0 unspecified atom stereocenters. The van der Waals surface area contributed by atoms with E-state index in [9.17, 15) is 9.59 Å². The Balaban J connectivity index is 1.57. The average molecular weight is 430 g/mol. The number of nitrogens with one attached hydrogen (secondary N) is 2. The van der Waals surface area contributed by atoms with Gasteiger partial charge >= 0.3 is 0 Å². The summed E-state index contributed by atoms with van der Waals surface area (Å²) in [6.07, 6.45) is 2.29. The van der Waals surface area contributed by atoms with Crippen LogP contribution in [0.15, 0.2) is 52.0 Å². The van der Waals surface area contributed by atoms with Gasteiger partial charge < -0.3 is 9.73 Å². The zero-order valence-electron chi connectivity index (χ0n) is 18.8. The minimum atomic E-state index is -0.287. The molecule has 6 heteroatoms. The van der Waals surface area contributed by atoms with Gasteiger partial charge in [-0.2, -0.15) is 5.10 Å². The van der Waals surface area contributed by atoms with Gasteiger partial charge in [0.2, 0.25) is 0 Å². The van der Waals surface area contributed by atoms with Gasteiger partial charge in [-0.25, -0.2) is 5.43 Å². The van der Waals surface area contributed by atoms with Gasteiger partial charge in [0.15, 0.2) is 5.76 Å². The number of amides is 2. The summed E-state index contributed by atoms with van der Waals surface area (Å²) in [7, 11) is 0. The lowest BCUT2D eigenvalue weighted by atomic mass is 9.93. The summed E-state index contributed by atoms with van der Waals surface area (Å²) >= 11 is 0. The van der Waals surface area contributed by atoms with Crippen LogP contribution in [0.2, 0.25) is 0 Å². The first-order valence-electron chi connectivity index (χ1n) is 10.8. The highest BCUT2D eigenvalue weighted by Gasteiger charge is 2.28. The van der Waals surface area contributed by atoms with E-state index in [0.29, 0.717) is 12.0 Å². The minimum Gasteiger partial charge on any atom is -0.455 e. The van der Waals surface area contributed by atoms with Crippen molar-refractivity contribution in [1.29, 1.82) is 0 Å². The molecule has 0 spiro atoms. The van der Waals surface area contributed by atoms with Crippen molar-refractivity contribution in [2.45, 2.75) is 47.0 Å². The number of anilines is 1. The summed E-state index contributed by atoms with van der Waals surface area (Å²) < 4.78 is 5.96. The van der Waals surface area contributed by atoms with Gasteiger partial charge in [0.1, 0.15) is 5.76 Å². The first kappa shape index (κ1) is 21.6. The van der Waals surface area contributed by atoms with E-state index in [1.807, 2.05) is 58.0 Å². The predicted molar refractivity (Wildman–Crippen MR) is 125 cm³/mol. The van der Waals surface area contributed by atoms with E-state index in [1.165, 1.54) is 0 Å². The molecule has 1 aliphatic carbocycles. The molecule has 3 aromatic rings. The molecular formula is C26H27N3O3. The van der Waals surface area contributed by atoms with Crippen LogP contribution in [-0.4, -0.2) is 17.5 Å². The predicted octanol–water partition coefficient (Wildman–Crippen LogP) is 5.24. The van der Waals surface area contributed by atoms with Gasteiger partial charge in [0, 0.05) is 28.8 Å². The van der Waals surface area contributed by atoms with Crippen molar-refractivity contribution in [3.8, 4) is 0 Å². The number of carbonyl (C=O) groups is 2. The van der Waals surface area contributed by atoms with Crippen LogP contribution in [0.4, 0.5) is 5.69 Å². The smallest absolute Gasteiger partial charge is 0.291 e. The lowest BCUT2D eigenvalue weighted by Crippen LogP contribution is -2.22. The average Bonchev–Trinajstić information content (AvgIpc) is 3.08. The Morgan fingerprint density at radius 3 is 2.38 bits per heavy atom. The molecule has 2 N–H and O–H groups in total. The minimum absolute atomic E-state index is 0.262. The zero-order chi connectivity index (χ0) is 22.8. The molecule has 1 heterocycles. The molecule has 6 nitrogen and oxygen atoms in total. The summed E-state index contributed by atoms with van der Waals surface area (Å²) in [5.41, 5.74) is 9.42. The Bertz CT molecular complexity index is 1220. The molecule has 2 aromatic carbocycles. The fourth-order valence-electron chi connectivity index (χ4n) is 4.20. The fraction of sp³-hybridized carbons (Fsp3) is 0.269. The Kier molecular flexibility index (Phi) is 5.95. The number of hydrazone groups is 1. The molecule has 0 atom stereocenters. The maximum absolute atomic E-state index is 13.0. The van der Waals surface area contributed by atoms with Crippen molar-refractivity contribution in [3.63, 3.8) is 0 Å². The summed E-state index contributed by atoms with van der Waals surface area (Å²) in [5.74, 6) is 0.476. The van der Waals surface area contributed by atoms with E-state index in [-0.39, 0.29) is 17.6 Å². The highest BCUT2D eigenvalue weighted by molar-refractivity contribution is 6.09. The molecule has 0 bridgehead atoms. The van der Waals surface area contributed by atoms with Gasteiger partial charge in [0.05, 0.1) is 5.71 Å². The van der Waals surface area contributed by atoms with E-state index in [0.717, 1.165) is 57.8 Å². The molecule has 164 valence electrons. The highest BCUT2D eigenvalue weighted by Crippen LogP contribution is 2.30. The second-order valence-electron chi connectivity index (χ2n) is 8.41. The van der Waals surface area contributed by atoms with Crippen LogP contribution >= 0.6 is 0 Å². The topological polar surface area (TPSA) is 83.7 Å². The Morgan fingerprint density at radius 1 is 0.906 bits per heavy atom. The van der Waals surface area contributed by atoms with Crippen molar-refractivity contribution >= 4 is 23.2 Å². The lowest BCUT2D eigenvalue weighted by Gasteiger charge is -2.13. The van der Waals surface area contributed by atoms with E-state index in [1.54, 1.807) is 6.07 Å². The highest BCUT2D eigenvalue weighted by atomic mass is 16.4. The van der Waals surface area contributed by atoms with Crippen molar-refractivity contribution < 1.29 is 14.0 Å². The zero-order valence-corrected chi connectivity index (χ0v) is 18.8. The van der Waals surface area contributed by atoms with Crippen LogP contribution in [0.5, 0.6) is 0 Å². The lowest BCUT2D eigenvalue weighted by molar-refractivity contribution is 0.0953. The van der Waals surface area contributed by atoms with Crippen LogP contribution in [-0.2, 0) is 6.42 Å². The van der Waals surface area contributed by atoms with Crippen LogP contribution in [0.1, 0.15) is 67.3 Å². The maximum Gasteiger partial charge on any atom is 0.291 e. The first-order valence-corrected chi connectivity index (χ1v) is 10.8. The van der Waals surface area contributed by atoms with Crippen LogP contribution in [0.25, 0.3) is 0 Å². The Hall–Kier alpha value is -3.67. The number of hydrogen-bond acceptors (Lipinski definition) is 4. The second kappa shape index (κ2) is 8.83. The van der Waals surface area contributed by atoms with Crippen molar-refractivity contribution in [2.75, 3.05) is 5.32 Å². The van der Waals surface area contributed by atoms with Crippen molar-refractivity contribution in [2.24, 2.45) is 5.10 Å². The van der Waals surface area contributed by atoms with Gasteiger partial charge in [-0.1, -0.05) is 23.8 Å². The van der Waals surface area contributed by atoms with Crippen LogP contribution in [0, 0.1) is 27.7 Å². The van der Waals surface area contributed by atoms with Gasteiger partial charge in [-0.15, -0.1) is 0 Å². The number of rotatable bonds is 4. The third kappa shape index (κ3) is 4.49. The fourth-order valence-corrected chi connectivity index (χ4v) is 4.20. The second-order valence-corrected chi connectivity index (χ2v) is 8.41. The molecule has 0 radical (unpaired) electrons. The number of benzene rings is 2. The van der Waals surface area contributed by atoms with Gasteiger partial charge in [-0.05, 0) is 75.9 Å². The van der Waals surface area contributed by atoms with Gasteiger partial charge in [-0.3, -0.25) is 9.59 Å². The van der Waals surface area contributed by atoms with E-state index in [2.05, 4.69) is 21.9 Å². The van der Waals surface area contributed by atoms with Gasteiger partial charge in [0.25, 0.3) is 11.8 Å². The monoisotopic (exact) mass is 429 g/mol. The summed E-state index contributed by atoms with van der Waals surface area (Å²) in [5, 5.41) is 7.34. The third-order valence-electron chi connectivity index (χ3n) is 5.58. The Labute approximate surface area is 187 Å². The van der Waals surface area contributed by atoms with E-state index < -0.39 is 0 Å². The normalized spacial score (nSPS) is 14.2. The summed E-state index contributed by atoms with van der Waals surface area (Å²) in [4.78, 5) is 25.5. The molecule has 0 aliphatic heterocycles. The SMILES string of the molecule is Cc1cc(C)cc(NC(=O)c2oc3c(c2C)/C(=N/NC(=O)c2cccc(C)c2)CCC3)c1. The standard InChI is InChI=1S/C26H27N3O3/c1-15-7-5-8-19(12-15)25(30)29-28-21-9-6-10-22-23(21)18(4)24(32-22)26(31)27-20-13-16(2)11-17(3)14-20/h5,7-8,11-14H,6,9-10H2,1-4H3,(H,27,31)(H,29,30)/b28-21+. The third-order valence-corrected chi connectivity index (χ3v) is 5.58. The first-order chi connectivity index (χ1) is 15.3. The molecule has 32 heavy (non-hydrogen) atoms. The molecule has 0 saturated heterocycles. The van der Waals surface area contributed by atoms with Crippen LogP contribution in [0.3, 0.4) is 0 Å². The number of furan rings is 1. The number of carbonyl (C=O) groups excluding carboxylic acids is 2. The van der Waals surface area contributed by atoms with E-state index >= 15 is 0 Å². The van der Waals surface area contributed by atoms with Crippen molar-refractivity contribution in [1.82, 2.24) is 5.43 Å². The summed E-state index contributed by atoms with van der Waals surface area (Å²) in [6.45, 7) is 7.79. The molecule has 0 saturated carbocycles. The summed E-state index contributed by atoms with van der Waals surface area (Å²) in [6, 6.07) is 13.3. The van der Waals surface area contributed by atoms with Crippen LogP contribution < -0.4 is 10.7 Å². The molecule has 1 aromatic heterocycles. The molecular weight excluding hydrogens is 402 g/mol. The number of fused-ring (bicyclic) bond motifs is 1.